The Hall–Kier alpha value is -3.90. The summed E-state index contributed by atoms with van der Waals surface area (Å²) in [6, 6.07) is 9.86. The van der Waals surface area contributed by atoms with Crippen molar-refractivity contribution in [3.05, 3.63) is 65.5 Å². The standard InChI is InChI=1S/C22H17F6N3O4/c1-12(13-2-7-17-18(8-13)34-11-33-17)20(32)29-10-15-9-19(21(23,24)25)30-31(15)14-3-5-16(6-4-14)35-22(26,27)28/h2-9,12H,10-11H2,1H3,(H,29,32). The molecule has 13 heteroatoms. The smallest absolute Gasteiger partial charge is 0.454 e. The van der Waals surface area contributed by atoms with Crippen molar-refractivity contribution < 1.29 is 45.3 Å². The number of halogens is 6. The maximum absolute atomic E-state index is 13.3. The minimum atomic E-state index is -4.92. The first kappa shape index (κ1) is 24.2. The van der Waals surface area contributed by atoms with E-state index in [1.165, 1.54) is 0 Å². The summed E-state index contributed by atoms with van der Waals surface area (Å²) in [4.78, 5) is 12.7. The number of nitrogens with one attached hydrogen (secondary N) is 1. The first-order valence-electron chi connectivity index (χ1n) is 10.1. The second-order valence-corrected chi connectivity index (χ2v) is 7.52. The number of hydrogen-bond acceptors (Lipinski definition) is 5. The van der Waals surface area contributed by atoms with Gasteiger partial charge in [0.25, 0.3) is 0 Å². The van der Waals surface area contributed by atoms with Gasteiger partial charge in [0, 0.05) is 0 Å². The van der Waals surface area contributed by atoms with Crippen LogP contribution < -0.4 is 19.5 Å². The van der Waals surface area contributed by atoms with Gasteiger partial charge in [-0.3, -0.25) is 4.79 Å². The lowest BCUT2D eigenvalue weighted by Gasteiger charge is -2.14. The van der Waals surface area contributed by atoms with E-state index in [1.54, 1.807) is 25.1 Å². The summed E-state index contributed by atoms with van der Waals surface area (Å²) >= 11 is 0. The van der Waals surface area contributed by atoms with Gasteiger partial charge in [0.15, 0.2) is 17.2 Å². The van der Waals surface area contributed by atoms with Gasteiger partial charge in [-0.15, -0.1) is 13.2 Å². The summed E-state index contributed by atoms with van der Waals surface area (Å²) in [5.74, 6) is -0.665. The highest BCUT2D eigenvalue weighted by Crippen LogP contribution is 2.35. The van der Waals surface area contributed by atoms with Gasteiger partial charge in [-0.1, -0.05) is 6.07 Å². The molecule has 1 aliphatic heterocycles. The Bertz CT molecular complexity index is 1220. The summed E-state index contributed by atoms with van der Waals surface area (Å²) in [6.45, 7) is 1.36. The molecule has 1 unspecified atom stereocenters. The van der Waals surface area contributed by atoms with Crippen LogP contribution in [0.1, 0.15) is 29.8 Å². The lowest BCUT2D eigenvalue weighted by molar-refractivity contribution is -0.274. The van der Waals surface area contributed by atoms with E-state index in [-0.39, 0.29) is 24.7 Å². The molecular formula is C22H17F6N3O4. The van der Waals surface area contributed by atoms with Crippen molar-refractivity contribution in [1.29, 1.82) is 0 Å². The van der Waals surface area contributed by atoms with E-state index in [0.29, 0.717) is 17.1 Å². The van der Waals surface area contributed by atoms with Crippen LogP contribution in [0.15, 0.2) is 48.5 Å². The fourth-order valence-corrected chi connectivity index (χ4v) is 3.36. The Morgan fingerprint density at radius 3 is 2.40 bits per heavy atom. The van der Waals surface area contributed by atoms with Gasteiger partial charge >= 0.3 is 12.5 Å². The molecule has 0 saturated carbocycles. The first-order valence-corrected chi connectivity index (χ1v) is 10.1. The Morgan fingerprint density at radius 2 is 1.74 bits per heavy atom. The van der Waals surface area contributed by atoms with E-state index in [2.05, 4.69) is 15.2 Å². The largest absolute Gasteiger partial charge is 0.573 e. The normalized spacial score (nSPS) is 14.0. The molecule has 2 heterocycles. The summed E-state index contributed by atoms with van der Waals surface area (Å²) in [5, 5.41) is 6.09. The van der Waals surface area contributed by atoms with Crippen LogP contribution in [-0.2, 0) is 17.5 Å². The number of aromatic nitrogens is 2. The number of fused-ring (bicyclic) bond motifs is 1. The van der Waals surface area contributed by atoms with E-state index in [0.717, 1.165) is 35.0 Å². The van der Waals surface area contributed by atoms with Crippen molar-refractivity contribution in [2.24, 2.45) is 0 Å². The molecule has 7 nitrogen and oxygen atoms in total. The fourth-order valence-electron chi connectivity index (χ4n) is 3.36. The number of benzene rings is 2. The molecule has 1 aromatic heterocycles. The van der Waals surface area contributed by atoms with Crippen LogP contribution in [0, 0.1) is 0 Å². The monoisotopic (exact) mass is 501 g/mol. The SMILES string of the molecule is CC(C(=O)NCc1cc(C(F)(F)F)nn1-c1ccc(OC(F)(F)F)cc1)c1ccc2c(c1)OCO2. The highest BCUT2D eigenvalue weighted by Gasteiger charge is 2.35. The predicted molar refractivity (Wildman–Crippen MR) is 108 cm³/mol. The highest BCUT2D eigenvalue weighted by molar-refractivity contribution is 5.83. The van der Waals surface area contributed by atoms with Gasteiger partial charge in [-0.25, -0.2) is 4.68 Å². The van der Waals surface area contributed by atoms with Crippen molar-refractivity contribution in [2.75, 3.05) is 6.79 Å². The number of alkyl halides is 6. The second kappa shape index (κ2) is 9.04. The Kier molecular flexibility index (Phi) is 6.26. The average Bonchev–Trinajstić information content (AvgIpc) is 3.43. The van der Waals surface area contributed by atoms with Gasteiger partial charge in [0.1, 0.15) is 5.75 Å². The van der Waals surface area contributed by atoms with Crippen LogP contribution in [0.4, 0.5) is 26.3 Å². The van der Waals surface area contributed by atoms with Crippen LogP contribution in [-0.4, -0.2) is 28.8 Å². The Morgan fingerprint density at radius 1 is 1.06 bits per heavy atom. The van der Waals surface area contributed by atoms with Gasteiger partial charge in [0.05, 0.1) is 23.8 Å². The molecule has 1 amide bonds. The molecule has 1 aliphatic rings. The Balaban J connectivity index is 1.53. The third-order valence-corrected chi connectivity index (χ3v) is 5.12. The second-order valence-electron chi connectivity index (χ2n) is 7.52. The lowest BCUT2D eigenvalue weighted by atomic mass is 10.00. The number of carbonyl (C=O) groups excluding carboxylic acids is 1. The predicted octanol–water partition coefficient (Wildman–Crippen LogP) is 4.94. The number of rotatable bonds is 6. The van der Waals surface area contributed by atoms with Crippen LogP contribution in [0.2, 0.25) is 0 Å². The summed E-state index contributed by atoms with van der Waals surface area (Å²) in [7, 11) is 0. The molecule has 2 aromatic carbocycles. The van der Waals surface area contributed by atoms with Gasteiger partial charge < -0.3 is 19.5 Å². The van der Waals surface area contributed by atoms with E-state index < -0.39 is 35.8 Å². The molecular weight excluding hydrogens is 484 g/mol. The van der Waals surface area contributed by atoms with E-state index in [4.69, 9.17) is 9.47 Å². The molecule has 0 aliphatic carbocycles. The van der Waals surface area contributed by atoms with Crippen molar-refractivity contribution in [2.45, 2.75) is 31.9 Å². The summed E-state index contributed by atoms with van der Waals surface area (Å²) < 4.78 is 92.1. The molecule has 186 valence electrons. The van der Waals surface area contributed by atoms with Crippen molar-refractivity contribution in [3.8, 4) is 22.9 Å². The molecule has 1 atom stereocenters. The van der Waals surface area contributed by atoms with E-state index >= 15 is 0 Å². The summed E-state index contributed by atoms with van der Waals surface area (Å²) in [5.41, 5.74) is -0.603. The Labute approximate surface area is 194 Å². The third kappa shape index (κ3) is 5.61. The van der Waals surface area contributed by atoms with Crippen LogP contribution in [0.25, 0.3) is 5.69 Å². The minimum absolute atomic E-state index is 0.0342. The zero-order valence-electron chi connectivity index (χ0n) is 17.9. The van der Waals surface area contributed by atoms with Gasteiger partial charge in [0.2, 0.25) is 12.7 Å². The van der Waals surface area contributed by atoms with Crippen LogP contribution >= 0.6 is 0 Å². The zero-order chi connectivity index (χ0) is 25.4. The molecule has 0 saturated heterocycles. The van der Waals surface area contributed by atoms with Gasteiger partial charge in [-0.2, -0.15) is 18.3 Å². The molecule has 4 rings (SSSR count). The van der Waals surface area contributed by atoms with E-state index in [9.17, 15) is 31.1 Å². The number of ether oxygens (including phenoxy) is 3. The molecule has 0 radical (unpaired) electrons. The number of carbonyl (C=O) groups is 1. The zero-order valence-corrected chi connectivity index (χ0v) is 17.9. The molecule has 0 bridgehead atoms. The van der Waals surface area contributed by atoms with Crippen molar-refractivity contribution in [3.63, 3.8) is 0 Å². The van der Waals surface area contributed by atoms with Crippen molar-refractivity contribution in [1.82, 2.24) is 15.1 Å². The lowest BCUT2D eigenvalue weighted by Crippen LogP contribution is -2.28. The topological polar surface area (TPSA) is 74.6 Å². The number of amides is 1. The maximum Gasteiger partial charge on any atom is 0.573 e. The average molecular weight is 501 g/mol. The maximum atomic E-state index is 13.3. The first-order chi connectivity index (χ1) is 16.4. The van der Waals surface area contributed by atoms with Crippen LogP contribution in [0.3, 0.4) is 0 Å². The molecule has 1 N–H and O–H groups in total. The third-order valence-electron chi connectivity index (χ3n) is 5.12. The molecule has 3 aromatic rings. The molecule has 35 heavy (non-hydrogen) atoms. The highest BCUT2D eigenvalue weighted by atomic mass is 19.4. The molecule has 0 fully saturated rings. The summed E-state index contributed by atoms with van der Waals surface area (Å²) in [6.07, 6.45) is -9.69. The van der Waals surface area contributed by atoms with Crippen LogP contribution in [0.5, 0.6) is 17.2 Å². The van der Waals surface area contributed by atoms with E-state index in [1.807, 2.05) is 0 Å². The quantitative estimate of drug-likeness (QED) is 0.485. The fraction of sp³-hybridized carbons (Fsp3) is 0.273. The molecule has 0 spiro atoms. The number of nitrogens with zero attached hydrogens (tertiary/aromatic N) is 2. The minimum Gasteiger partial charge on any atom is -0.454 e. The number of hydrogen-bond donors (Lipinski definition) is 1. The van der Waals surface area contributed by atoms with Gasteiger partial charge in [-0.05, 0) is 55.0 Å². The van der Waals surface area contributed by atoms with Crippen molar-refractivity contribution >= 4 is 5.91 Å².